The molecule has 0 aliphatic heterocycles. The van der Waals surface area contributed by atoms with E-state index in [9.17, 15) is 15.0 Å². The summed E-state index contributed by atoms with van der Waals surface area (Å²) in [7, 11) is 0. The maximum Gasteiger partial charge on any atom is 0.220 e. The van der Waals surface area contributed by atoms with Gasteiger partial charge in [0.05, 0.1) is 18.8 Å². The lowest BCUT2D eigenvalue weighted by atomic mass is 10.0. The Morgan fingerprint density at radius 1 is 0.490 bits per heavy atom. The Labute approximate surface area is 317 Å². The summed E-state index contributed by atoms with van der Waals surface area (Å²) < 4.78 is 0. The van der Waals surface area contributed by atoms with E-state index in [4.69, 9.17) is 0 Å². The Morgan fingerprint density at radius 3 is 1.29 bits per heavy atom. The van der Waals surface area contributed by atoms with Gasteiger partial charge in [0.15, 0.2) is 0 Å². The zero-order valence-corrected chi connectivity index (χ0v) is 33.6. The highest BCUT2D eigenvalue weighted by molar-refractivity contribution is 5.76. The molecule has 4 nitrogen and oxygen atoms in total. The molecule has 0 saturated carbocycles. The van der Waals surface area contributed by atoms with Crippen molar-refractivity contribution in [2.75, 3.05) is 6.61 Å². The molecule has 0 radical (unpaired) electrons. The van der Waals surface area contributed by atoms with Crippen LogP contribution in [0.3, 0.4) is 0 Å². The minimum Gasteiger partial charge on any atom is -0.394 e. The lowest BCUT2D eigenvalue weighted by Crippen LogP contribution is -2.45. The number of unbranched alkanes of at least 4 members (excludes halogenated alkanes) is 21. The zero-order chi connectivity index (χ0) is 37.1. The Hall–Kier alpha value is -2.17. The Balaban J connectivity index is 3.64. The van der Waals surface area contributed by atoms with Gasteiger partial charge in [-0.25, -0.2) is 0 Å². The van der Waals surface area contributed by atoms with Crippen LogP contribution < -0.4 is 5.32 Å². The average Bonchev–Trinajstić information content (AvgIpc) is 3.13. The molecule has 51 heavy (non-hydrogen) atoms. The fourth-order valence-electron chi connectivity index (χ4n) is 6.14. The first-order chi connectivity index (χ1) is 25.2. The lowest BCUT2D eigenvalue weighted by Gasteiger charge is -2.20. The van der Waals surface area contributed by atoms with Crippen LogP contribution >= 0.6 is 0 Å². The minimum absolute atomic E-state index is 0.0782. The number of aliphatic hydroxyl groups excluding tert-OH is 2. The van der Waals surface area contributed by atoms with Gasteiger partial charge in [-0.3, -0.25) is 4.79 Å². The number of nitrogens with one attached hydrogen (secondary N) is 1. The topological polar surface area (TPSA) is 69.6 Å². The second-order valence-electron chi connectivity index (χ2n) is 14.4. The van der Waals surface area contributed by atoms with Crippen LogP contribution in [-0.4, -0.2) is 34.9 Å². The Morgan fingerprint density at radius 2 is 0.863 bits per heavy atom. The SMILES string of the molecule is CC/C=C\C/C=C\C/C=C\C/C=C\C/C=C\CCCCCCCCCC(=O)NC(CO)C(O)/C=C/CCCCCCCCCCCCCCCC. The molecule has 3 N–H and O–H groups in total. The lowest BCUT2D eigenvalue weighted by molar-refractivity contribution is -0.123. The van der Waals surface area contributed by atoms with Crippen molar-refractivity contribution in [3.8, 4) is 0 Å². The van der Waals surface area contributed by atoms with E-state index in [1.807, 2.05) is 6.08 Å². The van der Waals surface area contributed by atoms with E-state index < -0.39 is 12.1 Å². The second-order valence-corrected chi connectivity index (χ2v) is 14.4. The first-order valence-corrected chi connectivity index (χ1v) is 21.7. The summed E-state index contributed by atoms with van der Waals surface area (Å²) in [6.45, 7) is 4.18. The van der Waals surface area contributed by atoms with E-state index in [1.165, 1.54) is 109 Å². The maximum absolute atomic E-state index is 12.4. The van der Waals surface area contributed by atoms with Gasteiger partial charge in [-0.15, -0.1) is 0 Å². The van der Waals surface area contributed by atoms with Crippen molar-refractivity contribution in [2.24, 2.45) is 0 Å². The average molecular weight is 710 g/mol. The third kappa shape index (κ3) is 38.9. The molecule has 2 unspecified atom stereocenters. The van der Waals surface area contributed by atoms with Gasteiger partial charge in [0.2, 0.25) is 5.91 Å². The van der Waals surface area contributed by atoms with Crippen molar-refractivity contribution in [3.05, 3.63) is 72.9 Å². The van der Waals surface area contributed by atoms with Crippen molar-refractivity contribution >= 4 is 5.91 Å². The maximum atomic E-state index is 12.4. The molecule has 0 aromatic carbocycles. The number of allylic oxidation sites excluding steroid dienone is 11. The summed E-state index contributed by atoms with van der Waals surface area (Å²) in [6, 6.07) is -0.631. The van der Waals surface area contributed by atoms with Crippen LogP contribution in [0.1, 0.15) is 200 Å². The molecular weight excluding hydrogens is 627 g/mol. The fraction of sp³-hybridized carbons (Fsp3) is 0.723. The van der Waals surface area contributed by atoms with Gasteiger partial charge in [-0.1, -0.05) is 202 Å². The number of carbonyl (C=O) groups excluding carboxylic acids is 1. The number of aliphatic hydroxyl groups is 2. The number of carbonyl (C=O) groups is 1. The highest BCUT2D eigenvalue weighted by Gasteiger charge is 2.17. The van der Waals surface area contributed by atoms with Gasteiger partial charge >= 0.3 is 0 Å². The van der Waals surface area contributed by atoms with Crippen LogP contribution in [0.15, 0.2) is 72.9 Å². The van der Waals surface area contributed by atoms with Gasteiger partial charge in [0, 0.05) is 6.42 Å². The normalized spacial score (nSPS) is 13.7. The molecule has 0 rings (SSSR count). The van der Waals surface area contributed by atoms with E-state index in [2.05, 4.69) is 79.9 Å². The summed E-state index contributed by atoms with van der Waals surface area (Å²) in [4.78, 5) is 12.4. The predicted octanol–water partition coefficient (Wildman–Crippen LogP) is 13.5. The van der Waals surface area contributed by atoms with Crippen molar-refractivity contribution in [3.63, 3.8) is 0 Å². The number of hydrogen-bond acceptors (Lipinski definition) is 3. The molecule has 0 heterocycles. The monoisotopic (exact) mass is 710 g/mol. The largest absolute Gasteiger partial charge is 0.394 e. The highest BCUT2D eigenvalue weighted by Crippen LogP contribution is 2.14. The molecule has 4 heteroatoms. The number of hydrogen-bond donors (Lipinski definition) is 3. The molecule has 0 aromatic heterocycles. The quantitative estimate of drug-likeness (QED) is 0.0441. The number of amides is 1. The highest BCUT2D eigenvalue weighted by atomic mass is 16.3. The Kier molecular flexibility index (Phi) is 40.4. The zero-order valence-electron chi connectivity index (χ0n) is 33.6. The molecule has 0 fully saturated rings. The summed E-state index contributed by atoms with van der Waals surface area (Å²) >= 11 is 0. The summed E-state index contributed by atoms with van der Waals surface area (Å²) in [5.41, 5.74) is 0. The van der Waals surface area contributed by atoms with E-state index in [-0.39, 0.29) is 12.5 Å². The van der Waals surface area contributed by atoms with Gasteiger partial charge in [0.25, 0.3) is 0 Å². The van der Waals surface area contributed by atoms with Crippen molar-refractivity contribution < 1.29 is 15.0 Å². The summed E-state index contributed by atoms with van der Waals surface area (Å²) in [6.07, 6.45) is 60.0. The van der Waals surface area contributed by atoms with Gasteiger partial charge < -0.3 is 15.5 Å². The van der Waals surface area contributed by atoms with Crippen LogP contribution in [0.4, 0.5) is 0 Å². The van der Waals surface area contributed by atoms with Crippen LogP contribution in [0.2, 0.25) is 0 Å². The van der Waals surface area contributed by atoms with E-state index >= 15 is 0 Å². The van der Waals surface area contributed by atoms with Crippen LogP contribution in [0.25, 0.3) is 0 Å². The van der Waals surface area contributed by atoms with Crippen molar-refractivity contribution in [1.29, 1.82) is 0 Å². The first kappa shape index (κ1) is 48.8. The molecule has 294 valence electrons. The van der Waals surface area contributed by atoms with Crippen LogP contribution in [-0.2, 0) is 4.79 Å². The molecule has 0 spiro atoms. The van der Waals surface area contributed by atoms with E-state index in [0.29, 0.717) is 6.42 Å². The van der Waals surface area contributed by atoms with Crippen molar-refractivity contribution in [1.82, 2.24) is 5.32 Å². The molecule has 0 aliphatic carbocycles. The third-order valence-corrected chi connectivity index (χ3v) is 9.45. The molecule has 0 saturated heterocycles. The standard InChI is InChI=1S/C47H83NO3/c1-3-5-7-9-11-13-15-17-19-21-22-23-24-25-26-27-29-31-33-35-37-39-41-43-47(51)48-45(44-49)46(50)42-40-38-36-34-32-30-28-20-18-16-14-12-10-8-6-4-2/h5,7,11,13,17,19,22-23,25-26,40,42,45-46,49-50H,3-4,6,8-10,12,14-16,18,20-21,24,27-39,41,43-44H2,1-2H3,(H,48,51)/b7-5-,13-11-,19-17-,23-22-,26-25-,42-40+. The Bertz CT molecular complexity index is 899. The smallest absolute Gasteiger partial charge is 0.220 e. The third-order valence-electron chi connectivity index (χ3n) is 9.45. The molecule has 0 aromatic rings. The minimum atomic E-state index is -0.847. The molecule has 0 bridgehead atoms. The van der Waals surface area contributed by atoms with Gasteiger partial charge in [-0.2, -0.15) is 0 Å². The van der Waals surface area contributed by atoms with Gasteiger partial charge in [0.1, 0.15) is 0 Å². The molecule has 2 atom stereocenters. The predicted molar refractivity (Wildman–Crippen MR) is 225 cm³/mol. The molecular formula is C47H83NO3. The first-order valence-electron chi connectivity index (χ1n) is 21.7. The second kappa shape index (κ2) is 42.2. The van der Waals surface area contributed by atoms with E-state index in [1.54, 1.807) is 6.08 Å². The fourth-order valence-corrected chi connectivity index (χ4v) is 6.14. The van der Waals surface area contributed by atoms with Crippen molar-refractivity contribution in [2.45, 2.75) is 212 Å². The number of rotatable bonds is 38. The van der Waals surface area contributed by atoms with Gasteiger partial charge in [-0.05, 0) is 64.2 Å². The summed E-state index contributed by atoms with van der Waals surface area (Å²) in [5.74, 6) is -0.0782. The summed E-state index contributed by atoms with van der Waals surface area (Å²) in [5, 5.41) is 23.0. The van der Waals surface area contributed by atoms with Crippen LogP contribution in [0.5, 0.6) is 0 Å². The molecule has 1 amide bonds. The molecule has 0 aliphatic rings. The van der Waals surface area contributed by atoms with Crippen LogP contribution in [0, 0.1) is 0 Å². The van der Waals surface area contributed by atoms with E-state index in [0.717, 1.165) is 70.6 Å².